The van der Waals surface area contributed by atoms with Gasteiger partial charge in [-0.2, -0.15) is 0 Å². The normalized spacial score (nSPS) is 10.7. The maximum absolute atomic E-state index is 6.12. The predicted molar refractivity (Wildman–Crippen MR) is 77.1 cm³/mol. The van der Waals surface area contributed by atoms with Crippen LogP contribution in [-0.2, 0) is 6.54 Å². The first-order chi connectivity index (χ1) is 8.83. The van der Waals surface area contributed by atoms with Gasteiger partial charge in [-0.25, -0.2) is 0 Å². The van der Waals surface area contributed by atoms with E-state index in [2.05, 4.69) is 28.5 Å². The Morgan fingerprint density at radius 1 is 1.00 bits per heavy atom. The lowest BCUT2D eigenvalue weighted by Gasteiger charge is -2.05. The van der Waals surface area contributed by atoms with Crippen LogP contribution in [0.2, 0.25) is 5.02 Å². The van der Waals surface area contributed by atoms with E-state index in [4.69, 9.17) is 11.6 Å². The van der Waals surface area contributed by atoms with Crippen LogP contribution in [0.3, 0.4) is 0 Å². The summed E-state index contributed by atoms with van der Waals surface area (Å²) in [6.45, 7) is 0.715. The standard InChI is InChI=1S/C15H13ClN2/c16-13-7-3-1-6-12(13)10-17-15-9-11-5-2-4-8-14(11)18-15/h1-9,17-18H,10H2. The number of benzene rings is 2. The minimum Gasteiger partial charge on any atom is -0.367 e. The van der Waals surface area contributed by atoms with Gasteiger partial charge in [0.2, 0.25) is 0 Å². The third-order valence-electron chi connectivity index (χ3n) is 2.96. The van der Waals surface area contributed by atoms with Crippen LogP contribution in [0, 0.1) is 0 Å². The van der Waals surface area contributed by atoms with Gasteiger partial charge < -0.3 is 10.3 Å². The van der Waals surface area contributed by atoms with Crippen molar-refractivity contribution in [3.05, 3.63) is 65.2 Å². The van der Waals surface area contributed by atoms with Crippen LogP contribution in [0.4, 0.5) is 5.82 Å². The smallest absolute Gasteiger partial charge is 0.104 e. The number of anilines is 1. The van der Waals surface area contributed by atoms with Crippen molar-refractivity contribution < 1.29 is 0 Å². The van der Waals surface area contributed by atoms with Crippen LogP contribution in [0.25, 0.3) is 10.9 Å². The lowest BCUT2D eigenvalue weighted by atomic mass is 10.2. The molecule has 0 aliphatic rings. The summed E-state index contributed by atoms with van der Waals surface area (Å²) in [5.74, 6) is 1.01. The number of para-hydroxylation sites is 1. The molecule has 2 N–H and O–H groups in total. The maximum atomic E-state index is 6.12. The molecule has 2 nitrogen and oxygen atoms in total. The average molecular weight is 257 g/mol. The number of fused-ring (bicyclic) bond motifs is 1. The van der Waals surface area contributed by atoms with Crippen LogP contribution in [-0.4, -0.2) is 4.98 Å². The van der Waals surface area contributed by atoms with Gasteiger partial charge in [-0.15, -0.1) is 0 Å². The summed E-state index contributed by atoms with van der Waals surface area (Å²) >= 11 is 6.12. The average Bonchev–Trinajstić information content (AvgIpc) is 2.80. The summed E-state index contributed by atoms with van der Waals surface area (Å²) < 4.78 is 0. The van der Waals surface area contributed by atoms with Gasteiger partial charge >= 0.3 is 0 Å². The molecule has 0 atom stereocenters. The molecule has 3 rings (SSSR count). The zero-order chi connectivity index (χ0) is 12.4. The van der Waals surface area contributed by atoms with Crippen molar-refractivity contribution in [1.82, 2.24) is 4.98 Å². The molecule has 0 unspecified atom stereocenters. The van der Waals surface area contributed by atoms with E-state index in [9.17, 15) is 0 Å². The Labute approximate surface area is 111 Å². The zero-order valence-corrected chi connectivity index (χ0v) is 10.5. The van der Waals surface area contributed by atoms with Gasteiger partial charge in [-0.3, -0.25) is 0 Å². The van der Waals surface area contributed by atoms with Crippen LogP contribution in [0.5, 0.6) is 0 Å². The Balaban J connectivity index is 1.79. The van der Waals surface area contributed by atoms with Crippen LogP contribution < -0.4 is 5.32 Å². The minimum absolute atomic E-state index is 0.715. The highest BCUT2D eigenvalue weighted by molar-refractivity contribution is 6.31. The van der Waals surface area contributed by atoms with E-state index in [0.717, 1.165) is 21.9 Å². The molecule has 0 amide bonds. The fourth-order valence-corrected chi connectivity index (χ4v) is 2.20. The third kappa shape index (κ3) is 2.20. The van der Waals surface area contributed by atoms with Gasteiger partial charge in [0.25, 0.3) is 0 Å². The summed E-state index contributed by atoms with van der Waals surface area (Å²) in [6, 6.07) is 18.2. The quantitative estimate of drug-likeness (QED) is 0.713. The number of aromatic nitrogens is 1. The highest BCUT2D eigenvalue weighted by atomic mass is 35.5. The van der Waals surface area contributed by atoms with E-state index in [-0.39, 0.29) is 0 Å². The molecule has 18 heavy (non-hydrogen) atoms. The predicted octanol–water partition coefficient (Wildman–Crippen LogP) is 4.43. The molecule has 0 radical (unpaired) electrons. The molecule has 0 saturated heterocycles. The molecular formula is C15H13ClN2. The Morgan fingerprint density at radius 2 is 1.78 bits per heavy atom. The van der Waals surface area contributed by atoms with E-state index in [1.54, 1.807) is 0 Å². The van der Waals surface area contributed by atoms with Crippen LogP contribution in [0.15, 0.2) is 54.6 Å². The van der Waals surface area contributed by atoms with E-state index in [1.807, 2.05) is 36.4 Å². The second kappa shape index (κ2) is 4.75. The Kier molecular flexibility index (Phi) is 2.95. The van der Waals surface area contributed by atoms with Gasteiger partial charge in [0, 0.05) is 22.5 Å². The largest absolute Gasteiger partial charge is 0.367 e. The molecule has 0 fully saturated rings. The summed E-state index contributed by atoms with van der Waals surface area (Å²) in [7, 11) is 0. The van der Waals surface area contributed by atoms with Crippen LogP contribution in [0.1, 0.15) is 5.56 Å². The molecule has 3 aromatic rings. The number of hydrogen-bond acceptors (Lipinski definition) is 1. The summed E-state index contributed by atoms with van der Waals surface area (Å²) in [5, 5.41) is 5.35. The second-order valence-corrected chi connectivity index (χ2v) is 4.62. The van der Waals surface area contributed by atoms with E-state index >= 15 is 0 Å². The third-order valence-corrected chi connectivity index (χ3v) is 3.33. The Morgan fingerprint density at radius 3 is 2.61 bits per heavy atom. The molecule has 2 aromatic carbocycles. The van der Waals surface area contributed by atoms with E-state index in [0.29, 0.717) is 6.54 Å². The molecule has 0 spiro atoms. The van der Waals surface area contributed by atoms with Crippen LogP contribution >= 0.6 is 11.6 Å². The lowest BCUT2D eigenvalue weighted by Crippen LogP contribution is -1.99. The molecule has 0 saturated carbocycles. The van der Waals surface area contributed by atoms with Crippen molar-refractivity contribution >= 4 is 28.3 Å². The van der Waals surface area contributed by atoms with Crippen molar-refractivity contribution in [3.8, 4) is 0 Å². The van der Waals surface area contributed by atoms with E-state index < -0.39 is 0 Å². The first-order valence-electron chi connectivity index (χ1n) is 5.88. The first-order valence-corrected chi connectivity index (χ1v) is 6.26. The number of rotatable bonds is 3. The van der Waals surface area contributed by atoms with Crippen molar-refractivity contribution in [2.24, 2.45) is 0 Å². The number of hydrogen-bond donors (Lipinski definition) is 2. The second-order valence-electron chi connectivity index (χ2n) is 4.22. The minimum atomic E-state index is 0.715. The number of aromatic amines is 1. The molecule has 1 aromatic heterocycles. The molecule has 0 aliphatic heterocycles. The van der Waals surface area contributed by atoms with Gasteiger partial charge in [0.15, 0.2) is 0 Å². The summed E-state index contributed by atoms with van der Waals surface area (Å²) in [4.78, 5) is 3.33. The van der Waals surface area contributed by atoms with Crippen molar-refractivity contribution in [2.45, 2.75) is 6.54 Å². The van der Waals surface area contributed by atoms with Crippen molar-refractivity contribution in [3.63, 3.8) is 0 Å². The Bertz CT molecular complexity index is 640. The highest BCUT2D eigenvalue weighted by Crippen LogP contribution is 2.20. The topological polar surface area (TPSA) is 27.8 Å². The van der Waals surface area contributed by atoms with Gasteiger partial charge in [0.05, 0.1) is 0 Å². The highest BCUT2D eigenvalue weighted by Gasteiger charge is 2.01. The maximum Gasteiger partial charge on any atom is 0.104 e. The molecule has 0 bridgehead atoms. The lowest BCUT2D eigenvalue weighted by molar-refractivity contribution is 1.13. The molecule has 1 heterocycles. The van der Waals surface area contributed by atoms with Gasteiger partial charge in [0.1, 0.15) is 5.82 Å². The molecular weight excluding hydrogens is 244 g/mol. The zero-order valence-electron chi connectivity index (χ0n) is 9.78. The van der Waals surface area contributed by atoms with Gasteiger partial charge in [-0.1, -0.05) is 48.0 Å². The van der Waals surface area contributed by atoms with Crippen molar-refractivity contribution in [2.75, 3.05) is 5.32 Å². The first kappa shape index (κ1) is 11.2. The molecule has 90 valence electrons. The van der Waals surface area contributed by atoms with E-state index in [1.165, 1.54) is 5.39 Å². The monoisotopic (exact) mass is 256 g/mol. The SMILES string of the molecule is Clc1ccccc1CNc1cc2ccccc2[nH]1. The summed E-state index contributed by atoms with van der Waals surface area (Å²) in [5.41, 5.74) is 2.23. The number of halogens is 1. The van der Waals surface area contributed by atoms with Crippen molar-refractivity contribution in [1.29, 1.82) is 0 Å². The fraction of sp³-hybridized carbons (Fsp3) is 0.0667. The number of H-pyrrole nitrogens is 1. The molecule has 3 heteroatoms. The number of nitrogens with one attached hydrogen (secondary N) is 2. The fourth-order valence-electron chi connectivity index (χ4n) is 2.00. The van der Waals surface area contributed by atoms with Gasteiger partial charge in [-0.05, 0) is 23.8 Å². The Hall–Kier alpha value is -1.93. The molecule has 0 aliphatic carbocycles. The summed E-state index contributed by atoms with van der Waals surface area (Å²) in [6.07, 6.45) is 0.